The Morgan fingerprint density at radius 3 is 1.53 bits per heavy atom. The van der Waals surface area contributed by atoms with Gasteiger partial charge in [0.2, 0.25) is 29.5 Å². The number of anilines is 2. The van der Waals surface area contributed by atoms with Crippen molar-refractivity contribution in [2.24, 2.45) is 27.7 Å². The quantitative estimate of drug-likeness (QED) is 0.0273. The first-order chi connectivity index (χ1) is 58.3. The van der Waals surface area contributed by atoms with E-state index in [9.17, 15) is 38.4 Å². The van der Waals surface area contributed by atoms with Crippen molar-refractivity contribution >= 4 is 93.5 Å². The molecule has 0 aromatic heterocycles. The summed E-state index contributed by atoms with van der Waals surface area (Å²) >= 11 is 0. The zero-order valence-corrected chi connectivity index (χ0v) is 74.4. The number of hydrogen-bond acceptors (Lipinski definition) is 23. The van der Waals surface area contributed by atoms with Gasteiger partial charge in [-0.05, 0) is 132 Å². The topological polar surface area (TPSA) is 315 Å². The van der Waals surface area contributed by atoms with Crippen LogP contribution >= 0.6 is 0 Å². The summed E-state index contributed by atoms with van der Waals surface area (Å²) in [4.78, 5) is 114. The van der Waals surface area contributed by atoms with E-state index in [1.807, 2.05) is 109 Å². The number of ketones is 1. The molecule has 2 fully saturated rings. The lowest BCUT2D eigenvalue weighted by Crippen LogP contribution is -2.44. The maximum atomic E-state index is 13.6. The largest absolute Gasteiger partial charge is 0.494 e. The van der Waals surface area contributed by atoms with Crippen LogP contribution in [0, 0.1) is 24.7 Å². The molecule has 1 unspecified atom stereocenters. The van der Waals surface area contributed by atoms with Gasteiger partial charge in [-0.2, -0.15) is 0 Å². The summed E-state index contributed by atoms with van der Waals surface area (Å²) in [5.74, 6) is 1.57. The highest BCUT2D eigenvalue weighted by Gasteiger charge is 2.37. The van der Waals surface area contributed by atoms with Gasteiger partial charge in [-0.3, -0.25) is 48.4 Å². The number of likely N-dealkylation sites (tertiary alicyclic amines) is 1. The Kier molecular flexibility index (Phi) is 46.2. The van der Waals surface area contributed by atoms with Gasteiger partial charge in [0.25, 0.3) is 11.8 Å². The SMILES string of the molecule is CCCCCOc1cc2c(cc1OC)C(=O)N1C=C(c3ccc(N4CCN(C)CC4)cc3)C[C@H]1C=N2.CCCN1C(=O)CC(C)C1=O.CCOCCOCCOCCC(=O)N[C@H](C)C(C)C.CCOCCOCCOCCOCCOCCNC(C)=O.CCOc1cc2c(cc1C)C(=O)N1C=C(c3ccc(NC(=O)[C@H](C)CC(C)=O)cc3)C[C@H]1C=N2. The highest BCUT2D eigenvalue weighted by molar-refractivity contribution is 6.07. The van der Waals surface area contributed by atoms with Crippen LogP contribution in [0.25, 0.3) is 11.1 Å². The second-order valence-electron chi connectivity index (χ2n) is 30.6. The van der Waals surface area contributed by atoms with Gasteiger partial charge in [0.05, 0.1) is 147 Å². The number of amides is 7. The van der Waals surface area contributed by atoms with E-state index in [0.717, 1.165) is 91.9 Å². The van der Waals surface area contributed by atoms with Crippen molar-refractivity contribution in [2.75, 3.05) is 183 Å². The van der Waals surface area contributed by atoms with E-state index in [0.29, 0.717) is 197 Å². The normalized spacial score (nSPS) is 16.8. The van der Waals surface area contributed by atoms with Gasteiger partial charge >= 0.3 is 0 Å². The molecule has 0 saturated carbocycles. The molecule has 0 radical (unpaired) electrons. The summed E-state index contributed by atoms with van der Waals surface area (Å²) in [6.07, 6.45) is 14.1. The number of ether oxygens (including phenoxy) is 11. The molecule has 5 atom stereocenters. The Balaban J connectivity index is 0.000000247. The molecule has 0 spiro atoms. The number of hydrogen-bond donors (Lipinski definition) is 3. The smallest absolute Gasteiger partial charge is 0.260 e. The highest BCUT2D eigenvalue weighted by atomic mass is 16.6. The lowest BCUT2D eigenvalue weighted by Gasteiger charge is -2.34. The maximum Gasteiger partial charge on any atom is 0.260 e. The fourth-order valence-electron chi connectivity index (χ4n) is 13.2. The van der Waals surface area contributed by atoms with Gasteiger partial charge in [0, 0.05) is 158 Å². The van der Waals surface area contributed by atoms with Gasteiger partial charge < -0.3 is 92.5 Å². The monoisotopic (exact) mass is 1680 g/mol. The van der Waals surface area contributed by atoms with E-state index >= 15 is 0 Å². The van der Waals surface area contributed by atoms with Crippen LogP contribution < -0.4 is 35.1 Å². The van der Waals surface area contributed by atoms with Crippen LogP contribution in [0.4, 0.5) is 22.7 Å². The lowest BCUT2D eigenvalue weighted by molar-refractivity contribution is -0.139. The number of methoxy groups -OCH3 is 1. The first kappa shape index (κ1) is 101. The third kappa shape index (κ3) is 34.9. The second kappa shape index (κ2) is 55.7. The fourth-order valence-corrected chi connectivity index (χ4v) is 13.2. The Morgan fingerprint density at radius 2 is 1.06 bits per heavy atom. The standard InChI is InChI=1S/C29H36N4O3.C27H29N3O4.C14H29NO6.C14H29NO4.C8H13NO2/c1-4-5-6-15-36-28-18-26-25(17-27(28)35-3)29(34)33-20-22(16-24(33)19-30-26)21-7-9-23(10-8-21)32-13-11-31(2)12-14-32;1-5-34-25-13-24-23(11-16(25)2)27(33)30-15-20(12-22(30)14-28-24)19-6-8-21(9-7-19)29-26(32)17(3)10-18(4)31;1-3-17-6-7-19-10-11-21-13-12-20-9-8-18-5-4-15-14(2)16;1-5-17-8-9-19-11-10-18-7-6-14(16)15-13(4)12(2)3;1-3-4-9-7(10)5-6(2)8(9)11/h7-10,17-20,24H,4-6,11-16H2,1-3H3;6-9,11,13-15,17,22H,5,10,12H2,1-4H3,(H,29,32);3-13H2,1-2H3,(H,15,16);12-13H,5-11H2,1-4H3,(H,15,16);6H,3-5H2,1-2H3/t24-;17-,22+;;13-;/m01.1./s1. The van der Waals surface area contributed by atoms with Gasteiger partial charge in [0.1, 0.15) is 11.5 Å². The molecule has 6 heterocycles. The van der Waals surface area contributed by atoms with Crippen LogP contribution in [-0.2, 0) is 66.7 Å². The molecule has 2 saturated heterocycles. The third-order valence-corrected chi connectivity index (χ3v) is 20.5. The number of likely N-dealkylation sites (N-methyl/N-ethyl adjacent to an activating group) is 1. The minimum absolute atomic E-state index is 0.00292. The number of carbonyl (C=O) groups excluding carboxylic acids is 8. The van der Waals surface area contributed by atoms with Gasteiger partial charge in [-0.25, -0.2) is 0 Å². The van der Waals surface area contributed by atoms with E-state index in [1.54, 1.807) is 36.8 Å². The summed E-state index contributed by atoms with van der Waals surface area (Å²) in [6, 6.07) is 23.5. The van der Waals surface area contributed by atoms with Crippen LogP contribution in [0.15, 0.2) is 95.2 Å². The molecule has 6 aliphatic heterocycles. The molecule has 29 heteroatoms. The molecular formula is C92H136N10O19. The second-order valence-corrected chi connectivity index (χ2v) is 30.6. The summed E-state index contributed by atoms with van der Waals surface area (Å²) in [5.41, 5.74) is 9.49. The average molecular weight is 1690 g/mol. The number of fused-ring (bicyclic) bond motifs is 4. The number of nitrogens with zero attached hydrogens (tertiary/aromatic N) is 7. The predicted molar refractivity (Wildman–Crippen MR) is 472 cm³/mol. The lowest BCUT2D eigenvalue weighted by atomic mass is 10.0. The Hall–Kier alpha value is -9.30. The van der Waals surface area contributed by atoms with Crippen LogP contribution in [0.3, 0.4) is 0 Å². The van der Waals surface area contributed by atoms with Crippen molar-refractivity contribution < 1.29 is 90.5 Å². The van der Waals surface area contributed by atoms with Crippen LogP contribution in [-0.4, -0.2) is 270 Å². The van der Waals surface area contributed by atoms with E-state index < -0.39 is 0 Å². The molecular weight excluding hydrogens is 1550 g/mol. The van der Waals surface area contributed by atoms with Gasteiger partial charge in [0.15, 0.2) is 11.5 Å². The van der Waals surface area contributed by atoms with Crippen molar-refractivity contribution in [3.8, 4) is 17.2 Å². The molecule has 0 bridgehead atoms. The minimum Gasteiger partial charge on any atom is -0.494 e. The summed E-state index contributed by atoms with van der Waals surface area (Å²) < 4.78 is 59.3. The third-order valence-electron chi connectivity index (χ3n) is 20.5. The van der Waals surface area contributed by atoms with Gasteiger partial charge in [-0.1, -0.05) is 78.6 Å². The molecule has 7 amide bonds. The molecule has 6 aliphatic rings. The molecule has 121 heavy (non-hydrogen) atoms. The van der Waals surface area contributed by atoms with Crippen LogP contribution in [0.1, 0.15) is 178 Å². The predicted octanol–water partition coefficient (Wildman–Crippen LogP) is 12.5. The Labute approximate surface area is 717 Å². The molecule has 0 aliphatic carbocycles. The first-order valence-corrected chi connectivity index (χ1v) is 43.1. The number of Topliss-reactive ketones (excluding diaryl/α,β-unsaturated/α-hetero) is 1. The van der Waals surface area contributed by atoms with Crippen LogP contribution in [0.2, 0.25) is 0 Å². The Bertz CT molecular complexity index is 3990. The van der Waals surface area contributed by atoms with Crippen molar-refractivity contribution in [3.05, 3.63) is 113 Å². The van der Waals surface area contributed by atoms with Crippen molar-refractivity contribution in [1.82, 2.24) is 30.2 Å². The van der Waals surface area contributed by atoms with E-state index in [-0.39, 0.29) is 83.5 Å². The van der Waals surface area contributed by atoms with E-state index in [1.165, 1.54) is 24.4 Å². The van der Waals surface area contributed by atoms with Crippen molar-refractivity contribution in [1.29, 1.82) is 0 Å². The number of carbonyl (C=O) groups is 8. The van der Waals surface area contributed by atoms with Crippen molar-refractivity contribution in [2.45, 2.75) is 166 Å². The molecule has 4 aromatic rings. The molecule has 668 valence electrons. The molecule has 4 aromatic carbocycles. The highest BCUT2D eigenvalue weighted by Crippen LogP contribution is 2.41. The maximum absolute atomic E-state index is 13.6. The molecule has 29 nitrogen and oxygen atoms in total. The number of benzene rings is 4. The zero-order valence-electron chi connectivity index (χ0n) is 74.4. The zero-order chi connectivity index (χ0) is 88.0. The summed E-state index contributed by atoms with van der Waals surface area (Å²) in [6.45, 7) is 40.2. The summed E-state index contributed by atoms with van der Waals surface area (Å²) in [5, 5.41) is 8.44. The number of nitrogens with one attached hydrogen (secondary N) is 3. The minimum atomic E-state index is -0.379. The van der Waals surface area contributed by atoms with Crippen LogP contribution in [0.5, 0.6) is 17.2 Å². The number of piperazine rings is 1. The number of aliphatic imine (C=N–C) groups is 2. The number of imide groups is 1. The number of rotatable bonds is 45. The Morgan fingerprint density at radius 1 is 0.554 bits per heavy atom. The van der Waals surface area contributed by atoms with E-state index in [4.69, 9.17) is 57.1 Å². The van der Waals surface area contributed by atoms with E-state index in [2.05, 4.69) is 82.8 Å². The first-order valence-electron chi connectivity index (χ1n) is 43.1. The average Bonchev–Trinajstić information content (AvgIpc) is 1.63. The van der Waals surface area contributed by atoms with Gasteiger partial charge in [-0.15, -0.1) is 0 Å². The number of aryl methyl sites for hydroxylation is 1. The molecule has 10 rings (SSSR count). The molecule has 3 N–H and O–H groups in total. The fraction of sp³-hybridized carbons (Fsp3) is 0.587. The number of unbranched alkanes of at least 4 members (excludes halogenated alkanes) is 2. The summed E-state index contributed by atoms with van der Waals surface area (Å²) in [7, 11) is 3.78. The van der Waals surface area contributed by atoms with Crippen molar-refractivity contribution in [3.63, 3.8) is 0 Å².